The molecule has 12 heteroatoms. The van der Waals surface area contributed by atoms with Gasteiger partial charge in [0, 0.05) is 9.17 Å². The minimum atomic E-state index is -3.63. The van der Waals surface area contributed by atoms with Crippen LogP contribution < -0.4 is 9.59 Å². The predicted molar refractivity (Wildman–Crippen MR) is 30.6 cm³/mol. The minimum Gasteiger partial charge on any atom is -0.672 e. The van der Waals surface area contributed by atoms with Crippen molar-refractivity contribution in [1.82, 2.24) is 0 Å². The van der Waals surface area contributed by atoms with Gasteiger partial charge in [-0.15, -0.1) is 0 Å². The van der Waals surface area contributed by atoms with Crippen LogP contribution in [-0.2, 0) is 17.5 Å². The molecule has 0 aliphatic rings. The van der Waals surface area contributed by atoms with E-state index < -0.39 is 27.5 Å². The molecule has 2 N–H and O–H groups in total. The van der Waals surface area contributed by atoms with Crippen molar-refractivity contribution < 1.29 is 36.7 Å². The van der Waals surface area contributed by atoms with Crippen molar-refractivity contribution in [2.75, 3.05) is 0 Å². The summed E-state index contributed by atoms with van der Waals surface area (Å²) in [5.74, 6) is 0. The van der Waals surface area contributed by atoms with Crippen LogP contribution in [0.1, 0.15) is 0 Å². The Labute approximate surface area is 87.3 Å². The smallest absolute Gasteiger partial charge is 0.672 e. The van der Waals surface area contributed by atoms with Crippen LogP contribution in [0.2, 0.25) is 0 Å². The largest absolute Gasteiger partial charge is 2.00 e. The van der Waals surface area contributed by atoms with Gasteiger partial charge in [-0.1, -0.05) is 0 Å². The van der Waals surface area contributed by atoms with Gasteiger partial charge in [-0.2, -0.15) is 0 Å². The van der Waals surface area contributed by atoms with Gasteiger partial charge in [0.2, 0.25) is 0 Å². The van der Waals surface area contributed by atoms with Crippen LogP contribution in [0.3, 0.4) is 0 Å². The molecule has 0 radical (unpaired) electrons. The molecule has 0 rings (SSSR count). The Kier molecular flexibility index (Phi) is 16.0. The zero-order valence-electron chi connectivity index (χ0n) is 5.55. The fourth-order valence-electron chi connectivity index (χ4n) is 0.0747. The fraction of sp³-hybridized carbons (Fsp3) is 0. The summed E-state index contributed by atoms with van der Waals surface area (Å²) in [6.07, 6.45) is 0. The van der Waals surface area contributed by atoms with Gasteiger partial charge in [0.1, 0.15) is 0 Å². The number of rotatable bonds is 2. The number of hydrogen-bond acceptors (Lipinski definition) is 6. The summed E-state index contributed by atoms with van der Waals surface area (Å²) in [6.45, 7) is 0. The van der Waals surface area contributed by atoms with E-state index in [-0.39, 0.29) is 23.1 Å². The van der Waals surface area contributed by atoms with Gasteiger partial charge in [0.15, 0.2) is 0 Å². The summed E-state index contributed by atoms with van der Waals surface area (Å²) in [4.78, 5) is 32.5. The summed E-state index contributed by atoms with van der Waals surface area (Å²) >= 11 is 0. The van der Waals surface area contributed by atoms with E-state index >= 15 is 0 Å². The molecular weight excluding hydrogens is 237 g/mol. The van der Waals surface area contributed by atoms with Gasteiger partial charge in [0.05, 0.1) is 0 Å². The second-order valence-electron chi connectivity index (χ2n) is 0.884. The standard InChI is InChI=1S/Mg.H2O5Si2.O3Si/c;1-6(2)5-7(3)4;1-4(2)3/h;1,3H;/q+2;;-2. The van der Waals surface area contributed by atoms with Crippen molar-refractivity contribution in [3.05, 3.63) is 0 Å². The van der Waals surface area contributed by atoms with Crippen molar-refractivity contribution in [3.8, 4) is 0 Å². The Morgan fingerprint density at radius 1 is 1.00 bits per heavy atom. The van der Waals surface area contributed by atoms with Gasteiger partial charge in [-0.3, -0.25) is 8.92 Å². The van der Waals surface area contributed by atoms with Crippen molar-refractivity contribution in [2.24, 2.45) is 0 Å². The fourth-order valence-corrected chi connectivity index (χ4v) is 0.672. The maximum Gasteiger partial charge on any atom is 2.00 e. The minimum absolute atomic E-state index is 0. The molecule has 0 heterocycles. The molecule has 0 amide bonds. The second kappa shape index (κ2) is 10.8. The van der Waals surface area contributed by atoms with E-state index in [1.807, 2.05) is 0 Å². The molecule has 0 aromatic heterocycles. The Balaban J connectivity index is -0.000000142. The van der Waals surface area contributed by atoms with E-state index in [1.165, 1.54) is 0 Å². The van der Waals surface area contributed by atoms with E-state index in [1.54, 1.807) is 0 Å². The molecule has 0 fully saturated rings. The normalized spacial score (nSPS) is 6.33. The van der Waals surface area contributed by atoms with Crippen LogP contribution in [0.4, 0.5) is 0 Å². The van der Waals surface area contributed by atoms with Crippen LogP contribution in [0.25, 0.3) is 0 Å². The summed E-state index contributed by atoms with van der Waals surface area (Å²) in [6, 6.07) is 0. The second-order valence-corrected chi connectivity index (χ2v) is 3.26. The Morgan fingerprint density at radius 2 is 1.17 bits per heavy atom. The first kappa shape index (κ1) is 17.8. The molecule has 12 heavy (non-hydrogen) atoms. The molecule has 0 unspecified atom stereocenters. The molecule has 0 aromatic carbocycles. The van der Waals surface area contributed by atoms with Gasteiger partial charge >= 0.3 is 41.4 Å². The summed E-state index contributed by atoms with van der Waals surface area (Å²) in [7, 11) is -10.0. The third-order valence-corrected chi connectivity index (χ3v) is 1.57. The van der Waals surface area contributed by atoms with Gasteiger partial charge in [-0.05, 0) is 0 Å². The Morgan fingerprint density at radius 3 is 1.17 bits per heavy atom. The maximum atomic E-state index is 9.44. The first-order valence-electron chi connectivity index (χ1n) is 1.88. The van der Waals surface area contributed by atoms with Crippen LogP contribution >= 0.6 is 0 Å². The van der Waals surface area contributed by atoms with E-state index in [2.05, 4.69) is 4.12 Å². The molecule has 0 bridgehead atoms. The third kappa shape index (κ3) is 52.4. The molecule has 0 aromatic rings. The molecule has 0 saturated heterocycles. The molecule has 0 saturated carbocycles. The molecule has 64 valence electrons. The van der Waals surface area contributed by atoms with Crippen LogP contribution in [0.15, 0.2) is 0 Å². The zero-order valence-corrected chi connectivity index (χ0v) is 9.97. The monoisotopic (exact) mass is 238 g/mol. The maximum absolute atomic E-state index is 9.44. The van der Waals surface area contributed by atoms with E-state index in [0.717, 1.165) is 0 Å². The Bertz CT molecular complexity index is 148. The zero-order chi connectivity index (χ0) is 9.44. The first-order valence-corrected chi connectivity index (χ1v) is 5.63. The molecular formula is H2MgO8Si3. The summed E-state index contributed by atoms with van der Waals surface area (Å²) < 4.78 is 30.8. The third-order valence-electron chi connectivity index (χ3n) is 0.175. The van der Waals surface area contributed by atoms with Crippen molar-refractivity contribution >= 4 is 50.6 Å². The summed E-state index contributed by atoms with van der Waals surface area (Å²) in [5, 5.41) is 0. The van der Waals surface area contributed by atoms with Gasteiger partial charge < -0.3 is 27.8 Å². The van der Waals surface area contributed by atoms with Gasteiger partial charge in [0.25, 0.3) is 0 Å². The predicted octanol–water partition coefficient (Wildman–Crippen LogP) is -5.44. The molecule has 0 atom stereocenters. The molecule has 8 nitrogen and oxygen atoms in total. The Hall–Kier alpha value is -0.183. The average Bonchev–Trinajstić information content (AvgIpc) is 1.56. The van der Waals surface area contributed by atoms with Crippen molar-refractivity contribution in [3.63, 3.8) is 0 Å². The number of hydrogen-bond donors (Lipinski definition) is 2. The van der Waals surface area contributed by atoms with Gasteiger partial charge in [-0.25, -0.2) is 0 Å². The molecule has 0 spiro atoms. The molecule has 0 aliphatic carbocycles. The van der Waals surface area contributed by atoms with Crippen LogP contribution in [0, 0.1) is 0 Å². The van der Waals surface area contributed by atoms with Crippen LogP contribution in [0.5, 0.6) is 0 Å². The van der Waals surface area contributed by atoms with Crippen molar-refractivity contribution in [2.45, 2.75) is 0 Å². The van der Waals surface area contributed by atoms with E-state index in [0.29, 0.717) is 0 Å². The van der Waals surface area contributed by atoms with E-state index in [9.17, 15) is 8.92 Å². The topological polar surface area (TPSA) is 147 Å². The van der Waals surface area contributed by atoms with Crippen molar-refractivity contribution in [1.29, 1.82) is 0 Å². The quantitative estimate of drug-likeness (QED) is 0.453. The van der Waals surface area contributed by atoms with E-state index in [4.69, 9.17) is 23.6 Å². The summed E-state index contributed by atoms with van der Waals surface area (Å²) in [5.41, 5.74) is 0. The average molecular weight is 239 g/mol. The van der Waals surface area contributed by atoms with Crippen LogP contribution in [-0.4, -0.2) is 60.2 Å². The SMILES string of the molecule is O=[Si](O)O[Si](=O)O.O=[Si]([O-])[O-].[Mg+2]. The molecule has 0 aliphatic heterocycles. The first-order chi connectivity index (χ1) is 4.86.